The Balaban J connectivity index is 2.32. The predicted molar refractivity (Wildman–Crippen MR) is 82.5 cm³/mol. The van der Waals surface area contributed by atoms with E-state index in [1.54, 1.807) is 24.3 Å². The van der Waals surface area contributed by atoms with Gasteiger partial charge in [0, 0.05) is 19.3 Å². The van der Waals surface area contributed by atoms with Gasteiger partial charge in [-0.25, -0.2) is 4.79 Å². The number of carbonyl (C=O) groups excluding carboxylic acids is 1. The highest BCUT2D eigenvalue weighted by Gasteiger charge is 2.29. The van der Waals surface area contributed by atoms with Crippen LogP contribution in [0.2, 0.25) is 0 Å². The Morgan fingerprint density at radius 2 is 1.83 bits per heavy atom. The standard InChI is InChI=1S/C16H16N2O5/c1-18(15(20)11-5-8-13(19)17-9-11)14(16(21)22)10-3-6-12(23-2)7-4-10/h3-9,14H,1-2H3,(H,17,19)(H,21,22)/t14-/m1/s1. The number of carbonyl (C=O) groups is 2. The van der Waals surface area contributed by atoms with Gasteiger partial charge in [0.15, 0.2) is 6.04 Å². The normalized spacial score (nSPS) is 11.6. The first-order valence-electron chi connectivity index (χ1n) is 6.76. The topological polar surface area (TPSA) is 99.7 Å². The minimum atomic E-state index is -1.16. The summed E-state index contributed by atoms with van der Waals surface area (Å²) in [5.74, 6) is -1.08. The predicted octanol–water partition coefficient (Wildman–Crippen LogP) is 1.28. The largest absolute Gasteiger partial charge is 0.497 e. The number of carboxylic acids is 1. The van der Waals surface area contributed by atoms with Gasteiger partial charge < -0.3 is 19.7 Å². The number of hydrogen-bond acceptors (Lipinski definition) is 4. The van der Waals surface area contributed by atoms with Crippen molar-refractivity contribution in [2.45, 2.75) is 6.04 Å². The molecule has 1 heterocycles. The SMILES string of the molecule is COc1ccc([C@H](C(=O)O)N(C)C(=O)c2ccc(=O)[nH]c2)cc1. The van der Waals surface area contributed by atoms with Gasteiger partial charge in [-0.1, -0.05) is 12.1 Å². The first kappa shape index (κ1) is 16.3. The van der Waals surface area contributed by atoms with E-state index in [2.05, 4.69) is 4.98 Å². The number of carboxylic acid groups (broad SMARTS) is 1. The van der Waals surface area contributed by atoms with Crippen LogP contribution in [0.15, 0.2) is 47.4 Å². The van der Waals surface area contributed by atoms with Crippen LogP contribution in [-0.2, 0) is 4.79 Å². The number of methoxy groups -OCH3 is 1. The van der Waals surface area contributed by atoms with Crippen molar-refractivity contribution in [3.63, 3.8) is 0 Å². The van der Waals surface area contributed by atoms with Crippen LogP contribution in [0.3, 0.4) is 0 Å². The van der Waals surface area contributed by atoms with E-state index in [0.29, 0.717) is 11.3 Å². The zero-order valence-electron chi connectivity index (χ0n) is 12.6. The Labute approximate surface area is 132 Å². The Hall–Kier alpha value is -3.09. The fraction of sp³-hybridized carbons (Fsp3) is 0.188. The highest BCUT2D eigenvalue weighted by atomic mass is 16.5. The second-order valence-electron chi connectivity index (χ2n) is 4.87. The average molecular weight is 316 g/mol. The average Bonchev–Trinajstić information content (AvgIpc) is 2.55. The van der Waals surface area contributed by atoms with E-state index in [9.17, 15) is 19.5 Å². The third-order valence-electron chi connectivity index (χ3n) is 3.40. The van der Waals surface area contributed by atoms with Gasteiger partial charge in [-0.15, -0.1) is 0 Å². The quantitative estimate of drug-likeness (QED) is 0.865. The van der Waals surface area contributed by atoms with Crippen LogP contribution in [-0.4, -0.2) is 41.0 Å². The van der Waals surface area contributed by atoms with Crippen LogP contribution in [0.4, 0.5) is 0 Å². The van der Waals surface area contributed by atoms with Gasteiger partial charge >= 0.3 is 5.97 Å². The smallest absolute Gasteiger partial charge is 0.331 e. The highest BCUT2D eigenvalue weighted by molar-refractivity contribution is 5.96. The van der Waals surface area contributed by atoms with Gasteiger partial charge in [0.25, 0.3) is 5.91 Å². The first-order valence-corrected chi connectivity index (χ1v) is 6.76. The van der Waals surface area contributed by atoms with Crippen LogP contribution in [0.5, 0.6) is 5.75 Å². The number of nitrogens with zero attached hydrogens (tertiary/aromatic N) is 1. The van der Waals surface area contributed by atoms with Crippen LogP contribution in [0.1, 0.15) is 22.0 Å². The summed E-state index contributed by atoms with van der Waals surface area (Å²) in [7, 11) is 2.91. The van der Waals surface area contributed by atoms with Crippen molar-refractivity contribution >= 4 is 11.9 Å². The number of pyridine rings is 1. The summed E-state index contributed by atoms with van der Waals surface area (Å²) >= 11 is 0. The number of ether oxygens (including phenoxy) is 1. The van der Waals surface area contributed by atoms with Crippen molar-refractivity contribution in [3.8, 4) is 5.75 Å². The van der Waals surface area contributed by atoms with Crippen LogP contribution >= 0.6 is 0 Å². The molecule has 0 aliphatic rings. The molecule has 7 heteroatoms. The third-order valence-corrected chi connectivity index (χ3v) is 3.40. The van der Waals surface area contributed by atoms with E-state index in [4.69, 9.17) is 4.74 Å². The number of amides is 1. The Morgan fingerprint density at radius 3 is 2.30 bits per heavy atom. The summed E-state index contributed by atoms with van der Waals surface area (Å²) in [5, 5.41) is 9.48. The van der Waals surface area contributed by atoms with E-state index in [-0.39, 0.29) is 11.1 Å². The molecule has 0 aliphatic heterocycles. The molecule has 0 saturated heterocycles. The lowest BCUT2D eigenvalue weighted by Gasteiger charge is -2.25. The number of aliphatic carboxylic acids is 1. The molecule has 0 radical (unpaired) electrons. The molecule has 0 fully saturated rings. The van der Waals surface area contributed by atoms with E-state index in [1.807, 2.05) is 0 Å². The molecule has 7 nitrogen and oxygen atoms in total. The zero-order valence-corrected chi connectivity index (χ0v) is 12.6. The molecule has 1 aromatic carbocycles. The summed E-state index contributed by atoms with van der Waals surface area (Å²) in [6.07, 6.45) is 1.26. The van der Waals surface area contributed by atoms with E-state index in [0.717, 1.165) is 4.90 Å². The number of aromatic nitrogens is 1. The van der Waals surface area contributed by atoms with Crippen LogP contribution < -0.4 is 10.3 Å². The lowest BCUT2D eigenvalue weighted by molar-refractivity contribution is -0.142. The van der Waals surface area contributed by atoms with E-state index in [1.165, 1.54) is 32.5 Å². The van der Waals surface area contributed by atoms with Gasteiger partial charge in [-0.2, -0.15) is 0 Å². The third kappa shape index (κ3) is 3.57. The molecule has 2 rings (SSSR count). The fourth-order valence-corrected chi connectivity index (χ4v) is 2.18. The summed E-state index contributed by atoms with van der Waals surface area (Å²) in [6, 6.07) is 7.85. The molecule has 1 aromatic heterocycles. The number of likely N-dealkylation sites (N-methyl/N-ethyl adjacent to an activating group) is 1. The number of H-pyrrole nitrogens is 1. The molecule has 2 aromatic rings. The molecule has 0 saturated carbocycles. The molecular formula is C16H16N2O5. The molecule has 0 spiro atoms. The fourth-order valence-electron chi connectivity index (χ4n) is 2.18. The van der Waals surface area contributed by atoms with Crippen molar-refractivity contribution in [3.05, 3.63) is 64.1 Å². The van der Waals surface area contributed by atoms with E-state index >= 15 is 0 Å². The Kier molecular flexibility index (Phi) is 4.80. The molecule has 2 N–H and O–H groups in total. The molecule has 0 bridgehead atoms. The van der Waals surface area contributed by atoms with Crippen molar-refractivity contribution in [2.75, 3.05) is 14.2 Å². The van der Waals surface area contributed by atoms with Crippen LogP contribution in [0.25, 0.3) is 0 Å². The van der Waals surface area contributed by atoms with Crippen molar-refractivity contribution < 1.29 is 19.4 Å². The molecule has 0 aliphatic carbocycles. The maximum absolute atomic E-state index is 12.4. The minimum absolute atomic E-state index is 0.201. The number of rotatable bonds is 5. The number of benzene rings is 1. The minimum Gasteiger partial charge on any atom is -0.497 e. The Bertz CT molecular complexity index is 746. The van der Waals surface area contributed by atoms with Gasteiger partial charge in [-0.05, 0) is 23.8 Å². The van der Waals surface area contributed by atoms with Gasteiger partial charge in [-0.3, -0.25) is 9.59 Å². The lowest BCUT2D eigenvalue weighted by Crippen LogP contribution is -2.36. The molecule has 1 atom stereocenters. The van der Waals surface area contributed by atoms with Crippen LogP contribution in [0, 0.1) is 0 Å². The first-order chi connectivity index (χ1) is 10.9. The zero-order chi connectivity index (χ0) is 17.0. The molecule has 120 valence electrons. The maximum atomic E-state index is 12.4. The summed E-state index contributed by atoms with van der Waals surface area (Å²) in [6.45, 7) is 0. The highest BCUT2D eigenvalue weighted by Crippen LogP contribution is 2.23. The molecule has 23 heavy (non-hydrogen) atoms. The van der Waals surface area contributed by atoms with Crippen molar-refractivity contribution in [1.29, 1.82) is 0 Å². The summed E-state index contributed by atoms with van der Waals surface area (Å²) in [5.41, 5.74) is 0.305. The number of aromatic amines is 1. The molecule has 1 amide bonds. The second-order valence-corrected chi connectivity index (χ2v) is 4.87. The number of nitrogens with one attached hydrogen (secondary N) is 1. The molecular weight excluding hydrogens is 300 g/mol. The molecule has 0 unspecified atom stereocenters. The second kappa shape index (κ2) is 6.78. The lowest BCUT2D eigenvalue weighted by atomic mass is 10.0. The number of hydrogen-bond donors (Lipinski definition) is 2. The summed E-state index contributed by atoms with van der Waals surface area (Å²) in [4.78, 5) is 38.6. The van der Waals surface area contributed by atoms with Crippen molar-refractivity contribution in [2.24, 2.45) is 0 Å². The van der Waals surface area contributed by atoms with Crippen molar-refractivity contribution in [1.82, 2.24) is 9.88 Å². The Morgan fingerprint density at radius 1 is 1.17 bits per heavy atom. The van der Waals surface area contributed by atoms with E-state index < -0.39 is 17.9 Å². The van der Waals surface area contributed by atoms with Gasteiger partial charge in [0.05, 0.1) is 12.7 Å². The monoisotopic (exact) mass is 316 g/mol. The van der Waals surface area contributed by atoms with Gasteiger partial charge in [0.1, 0.15) is 5.75 Å². The summed E-state index contributed by atoms with van der Waals surface area (Å²) < 4.78 is 5.04. The van der Waals surface area contributed by atoms with Gasteiger partial charge in [0.2, 0.25) is 5.56 Å². The maximum Gasteiger partial charge on any atom is 0.331 e.